The standard InChI is InChI=1S/C6H10BNO2/c1-2-4-3-5(9)8(7)6(4)10/h4H,2-3,7H2,1H3. The maximum Gasteiger partial charge on any atom is 0.231 e. The number of carbonyl (C=O) groups is 2. The molecule has 0 saturated carbocycles. The topological polar surface area (TPSA) is 37.4 Å². The van der Waals surface area contributed by atoms with Gasteiger partial charge in [-0.05, 0) is 6.42 Å². The largest absolute Gasteiger partial charge is 0.336 e. The summed E-state index contributed by atoms with van der Waals surface area (Å²) in [6.45, 7) is 1.93. The molecule has 0 aromatic rings. The van der Waals surface area contributed by atoms with E-state index in [1.165, 1.54) is 4.81 Å². The Balaban J connectivity index is 2.71. The molecule has 1 rings (SSSR count). The van der Waals surface area contributed by atoms with Crippen molar-refractivity contribution in [2.45, 2.75) is 19.8 Å². The lowest BCUT2D eigenvalue weighted by Crippen LogP contribution is -2.27. The lowest BCUT2D eigenvalue weighted by atomic mass is 10.1. The molecule has 2 amide bonds. The summed E-state index contributed by atoms with van der Waals surface area (Å²) in [6, 6.07) is 0. The minimum atomic E-state index is -0.0446. The summed E-state index contributed by atoms with van der Waals surface area (Å²) in [5, 5.41) is 0. The summed E-state index contributed by atoms with van der Waals surface area (Å²) in [5.41, 5.74) is 0. The Labute approximate surface area is 60.8 Å². The molecule has 3 nitrogen and oxygen atoms in total. The Kier molecular flexibility index (Phi) is 1.79. The monoisotopic (exact) mass is 139 g/mol. The van der Waals surface area contributed by atoms with E-state index < -0.39 is 0 Å². The number of hydrogen-bond acceptors (Lipinski definition) is 2. The molecule has 0 aliphatic carbocycles. The van der Waals surface area contributed by atoms with E-state index in [1.54, 1.807) is 7.98 Å². The maximum absolute atomic E-state index is 11.1. The summed E-state index contributed by atoms with van der Waals surface area (Å²) in [7, 11) is 1.54. The van der Waals surface area contributed by atoms with Crippen molar-refractivity contribution in [3.8, 4) is 0 Å². The minimum Gasteiger partial charge on any atom is -0.336 e. The van der Waals surface area contributed by atoms with Crippen LogP contribution in [0.3, 0.4) is 0 Å². The van der Waals surface area contributed by atoms with Gasteiger partial charge in [-0.2, -0.15) is 0 Å². The van der Waals surface area contributed by atoms with E-state index in [0.717, 1.165) is 6.42 Å². The van der Waals surface area contributed by atoms with Gasteiger partial charge in [0.25, 0.3) is 0 Å². The SMILES string of the molecule is BN1C(=O)CC(CC)C1=O. The van der Waals surface area contributed by atoms with Gasteiger partial charge in [-0.3, -0.25) is 9.59 Å². The van der Waals surface area contributed by atoms with Crippen LogP contribution >= 0.6 is 0 Å². The van der Waals surface area contributed by atoms with E-state index in [0.29, 0.717) is 6.42 Å². The van der Waals surface area contributed by atoms with Crippen molar-refractivity contribution >= 4 is 19.8 Å². The number of imide groups is 1. The normalized spacial score (nSPS) is 26.1. The lowest BCUT2D eigenvalue weighted by molar-refractivity contribution is -0.133. The van der Waals surface area contributed by atoms with Gasteiger partial charge >= 0.3 is 0 Å². The van der Waals surface area contributed by atoms with Crippen molar-refractivity contribution in [2.75, 3.05) is 0 Å². The van der Waals surface area contributed by atoms with E-state index in [-0.39, 0.29) is 17.7 Å². The molecule has 1 aliphatic heterocycles. The molecule has 0 N–H and O–H groups in total. The fourth-order valence-corrected chi connectivity index (χ4v) is 1.15. The molecule has 0 radical (unpaired) electrons. The fourth-order valence-electron chi connectivity index (χ4n) is 1.15. The second-order valence-corrected chi connectivity index (χ2v) is 2.60. The van der Waals surface area contributed by atoms with Crippen LogP contribution in [-0.2, 0) is 9.59 Å². The Morgan fingerprint density at radius 3 is 2.50 bits per heavy atom. The van der Waals surface area contributed by atoms with Crippen LogP contribution in [0.4, 0.5) is 0 Å². The first-order valence-electron chi connectivity index (χ1n) is 3.47. The highest BCUT2D eigenvalue weighted by molar-refractivity contribution is 6.27. The zero-order valence-corrected chi connectivity index (χ0v) is 6.26. The summed E-state index contributed by atoms with van der Waals surface area (Å²) in [5.74, 6) is -0.109. The molecular formula is C6H10BNO2. The van der Waals surface area contributed by atoms with Gasteiger partial charge in [0.1, 0.15) is 0 Å². The van der Waals surface area contributed by atoms with Gasteiger partial charge in [0.15, 0.2) is 0 Å². The first-order chi connectivity index (χ1) is 4.66. The predicted molar refractivity (Wildman–Crippen MR) is 38.8 cm³/mol. The maximum atomic E-state index is 11.1. The molecule has 0 spiro atoms. The van der Waals surface area contributed by atoms with Gasteiger partial charge in [-0.25, -0.2) is 0 Å². The molecule has 1 saturated heterocycles. The molecule has 1 atom stereocenters. The second kappa shape index (κ2) is 2.44. The van der Waals surface area contributed by atoms with Crippen molar-refractivity contribution in [1.82, 2.24) is 4.81 Å². The third kappa shape index (κ3) is 0.937. The number of nitrogens with zero attached hydrogens (tertiary/aromatic N) is 1. The Hall–Kier alpha value is -0.795. The van der Waals surface area contributed by atoms with Crippen LogP contribution in [0.25, 0.3) is 0 Å². The van der Waals surface area contributed by atoms with Gasteiger partial charge in [-0.15, -0.1) is 0 Å². The lowest BCUT2D eigenvalue weighted by Gasteiger charge is -2.05. The van der Waals surface area contributed by atoms with Crippen molar-refractivity contribution in [3.63, 3.8) is 0 Å². The number of rotatable bonds is 1. The second-order valence-electron chi connectivity index (χ2n) is 2.60. The highest BCUT2D eigenvalue weighted by Gasteiger charge is 2.33. The van der Waals surface area contributed by atoms with E-state index in [1.807, 2.05) is 6.92 Å². The summed E-state index contributed by atoms with van der Waals surface area (Å²) in [4.78, 5) is 23.1. The van der Waals surface area contributed by atoms with Crippen LogP contribution in [0.15, 0.2) is 0 Å². The summed E-state index contributed by atoms with van der Waals surface area (Å²) < 4.78 is 0. The van der Waals surface area contributed by atoms with E-state index in [9.17, 15) is 9.59 Å². The zero-order chi connectivity index (χ0) is 7.72. The molecule has 1 unspecified atom stereocenters. The molecular weight excluding hydrogens is 129 g/mol. The van der Waals surface area contributed by atoms with Crippen LogP contribution in [0.1, 0.15) is 19.8 Å². The van der Waals surface area contributed by atoms with Crippen LogP contribution in [0, 0.1) is 5.92 Å². The van der Waals surface area contributed by atoms with Gasteiger partial charge < -0.3 is 4.81 Å². The third-order valence-electron chi connectivity index (χ3n) is 1.97. The predicted octanol–water partition coefficient (Wildman–Crippen LogP) is -0.680. The van der Waals surface area contributed by atoms with Gasteiger partial charge in [0, 0.05) is 12.3 Å². The Morgan fingerprint density at radius 1 is 1.70 bits per heavy atom. The molecule has 0 aromatic heterocycles. The van der Waals surface area contributed by atoms with Crippen molar-refractivity contribution in [1.29, 1.82) is 0 Å². The highest BCUT2D eigenvalue weighted by Crippen LogP contribution is 2.19. The first kappa shape index (κ1) is 7.31. The smallest absolute Gasteiger partial charge is 0.231 e. The number of hydrogen-bond donors (Lipinski definition) is 0. The van der Waals surface area contributed by atoms with Crippen molar-refractivity contribution in [3.05, 3.63) is 0 Å². The van der Waals surface area contributed by atoms with Gasteiger partial charge in [0.05, 0.1) is 0 Å². The molecule has 1 heterocycles. The third-order valence-corrected chi connectivity index (χ3v) is 1.97. The number of amides is 2. The highest BCUT2D eigenvalue weighted by atomic mass is 16.2. The molecule has 0 bridgehead atoms. The molecule has 0 aromatic carbocycles. The van der Waals surface area contributed by atoms with E-state index in [2.05, 4.69) is 0 Å². The van der Waals surface area contributed by atoms with E-state index >= 15 is 0 Å². The Morgan fingerprint density at radius 2 is 2.30 bits per heavy atom. The minimum absolute atomic E-state index is 0.0208. The first-order valence-corrected chi connectivity index (χ1v) is 3.47. The average Bonchev–Trinajstić information content (AvgIpc) is 2.17. The molecule has 54 valence electrons. The molecule has 10 heavy (non-hydrogen) atoms. The molecule has 4 heteroatoms. The Bertz CT molecular complexity index is 181. The van der Waals surface area contributed by atoms with Crippen LogP contribution < -0.4 is 0 Å². The molecule has 1 fully saturated rings. The van der Waals surface area contributed by atoms with Gasteiger partial charge in [0.2, 0.25) is 19.8 Å². The number of carbonyl (C=O) groups excluding carboxylic acids is 2. The van der Waals surface area contributed by atoms with Crippen molar-refractivity contribution in [2.24, 2.45) is 5.92 Å². The molecule has 1 aliphatic rings. The van der Waals surface area contributed by atoms with E-state index in [4.69, 9.17) is 0 Å². The van der Waals surface area contributed by atoms with Crippen LogP contribution in [-0.4, -0.2) is 24.6 Å². The summed E-state index contributed by atoms with van der Waals surface area (Å²) >= 11 is 0. The zero-order valence-electron chi connectivity index (χ0n) is 6.26. The summed E-state index contributed by atoms with van der Waals surface area (Å²) in [6.07, 6.45) is 1.18. The van der Waals surface area contributed by atoms with Crippen LogP contribution in [0.2, 0.25) is 0 Å². The van der Waals surface area contributed by atoms with Crippen LogP contribution in [0.5, 0.6) is 0 Å². The quantitative estimate of drug-likeness (QED) is 0.356. The van der Waals surface area contributed by atoms with Crippen molar-refractivity contribution < 1.29 is 9.59 Å². The van der Waals surface area contributed by atoms with Gasteiger partial charge in [-0.1, -0.05) is 6.92 Å². The fraction of sp³-hybridized carbons (Fsp3) is 0.667. The average molecular weight is 139 g/mol.